The molecule has 0 unspecified atom stereocenters. The number of ether oxygens (including phenoxy) is 1. The number of aliphatic carboxylic acids is 1. The standard InChI is InChI=1S/C18H24N2OS.C2HF3O2/c1-14-4-3-5-15(10-14)11-16-12-20(8-6-17(16)21-2)13-18-19-7-9-22-18;3-2(4,5)1(6)7/h3-5,7,9-10,16-17H,6,8,11-13H2,1-2H3;(H,6,7)/t16-,17-;/m0./s1. The Morgan fingerprint density at radius 2 is 2.14 bits per heavy atom. The number of piperidine rings is 1. The van der Waals surface area contributed by atoms with Crippen LogP contribution < -0.4 is 0 Å². The van der Waals surface area contributed by atoms with Crippen molar-refractivity contribution in [1.29, 1.82) is 0 Å². The number of benzene rings is 1. The molecule has 2 aromatic rings. The molecule has 1 fully saturated rings. The van der Waals surface area contributed by atoms with E-state index in [4.69, 9.17) is 14.6 Å². The SMILES string of the molecule is CO[C@H]1CCN(Cc2nccs2)C[C@@H]1Cc1cccc(C)c1.O=C(O)C(F)(F)F. The van der Waals surface area contributed by atoms with Crippen molar-refractivity contribution >= 4 is 17.3 Å². The van der Waals surface area contributed by atoms with E-state index in [-0.39, 0.29) is 0 Å². The van der Waals surface area contributed by atoms with Gasteiger partial charge >= 0.3 is 12.1 Å². The van der Waals surface area contributed by atoms with E-state index in [1.54, 1.807) is 11.3 Å². The Kier molecular flexibility index (Phi) is 8.60. The molecule has 1 aliphatic rings. The largest absolute Gasteiger partial charge is 0.490 e. The fraction of sp³-hybridized carbons (Fsp3) is 0.500. The van der Waals surface area contributed by atoms with E-state index in [0.717, 1.165) is 32.5 Å². The van der Waals surface area contributed by atoms with Crippen molar-refractivity contribution in [3.8, 4) is 0 Å². The van der Waals surface area contributed by atoms with Gasteiger partial charge in [0, 0.05) is 37.7 Å². The van der Waals surface area contributed by atoms with Crippen molar-refractivity contribution in [1.82, 2.24) is 9.88 Å². The van der Waals surface area contributed by atoms with Crippen LogP contribution in [-0.4, -0.2) is 53.4 Å². The molecule has 1 aromatic carbocycles. The molecule has 0 spiro atoms. The van der Waals surface area contributed by atoms with Gasteiger partial charge in [0.25, 0.3) is 0 Å². The summed E-state index contributed by atoms with van der Waals surface area (Å²) in [6, 6.07) is 8.85. The van der Waals surface area contributed by atoms with Crippen LogP contribution >= 0.6 is 11.3 Å². The Morgan fingerprint density at radius 3 is 2.69 bits per heavy atom. The molecule has 2 atom stereocenters. The maximum absolute atomic E-state index is 10.6. The summed E-state index contributed by atoms with van der Waals surface area (Å²) in [5.41, 5.74) is 2.75. The molecule has 29 heavy (non-hydrogen) atoms. The lowest BCUT2D eigenvalue weighted by Gasteiger charge is -2.37. The predicted octanol–water partition coefficient (Wildman–Crippen LogP) is 4.16. The van der Waals surface area contributed by atoms with Gasteiger partial charge in [-0.1, -0.05) is 29.8 Å². The van der Waals surface area contributed by atoms with Gasteiger partial charge in [0.2, 0.25) is 0 Å². The Labute approximate surface area is 172 Å². The Balaban J connectivity index is 0.000000370. The zero-order valence-corrected chi connectivity index (χ0v) is 17.2. The summed E-state index contributed by atoms with van der Waals surface area (Å²) in [4.78, 5) is 15.8. The van der Waals surface area contributed by atoms with Crippen molar-refractivity contribution in [3.63, 3.8) is 0 Å². The number of rotatable bonds is 5. The third-order valence-electron chi connectivity index (χ3n) is 4.72. The molecule has 1 saturated heterocycles. The number of methoxy groups -OCH3 is 1. The van der Waals surface area contributed by atoms with Crippen molar-refractivity contribution in [3.05, 3.63) is 52.0 Å². The van der Waals surface area contributed by atoms with Gasteiger partial charge < -0.3 is 9.84 Å². The molecule has 0 saturated carbocycles. The number of carboxylic acids is 1. The highest BCUT2D eigenvalue weighted by atomic mass is 32.1. The molecule has 5 nitrogen and oxygen atoms in total. The Hall–Kier alpha value is -1.97. The number of nitrogens with zero attached hydrogens (tertiary/aromatic N) is 2. The topological polar surface area (TPSA) is 62.7 Å². The van der Waals surface area contributed by atoms with Crippen LogP contribution in [0, 0.1) is 12.8 Å². The number of halogens is 3. The van der Waals surface area contributed by atoms with Crippen LogP contribution in [0.3, 0.4) is 0 Å². The summed E-state index contributed by atoms with van der Waals surface area (Å²) in [5, 5.41) is 10.4. The first-order chi connectivity index (χ1) is 13.7. The highest BCUT2D eigenvalue weighted by Crippen LogP contribution is 2.25. The minimum Gasteiger partial charge on any atom is -0.475 e. The van der Waals surface area contributed by atoms with E-state index in [1.807, 2.05) is 13.3 Å². The fourth-order valence-electron chi connectivity index (χ4n) is 3.40. The summed E-state index contributed by atoms with van der Waals surface area (Å²) in [7, 11) is 1.85. The van der Waals surface area contributed by atoms with Crippen molar-refractivity contribution < 1.29 is 27.8 Å². The van der Waals surface area contributed by atoms with Crippen LogP contribution in [0.4, 0.5) is 13.2 Å². The number of likely N-dealkylation sites (tertiary alicyclic amines) is 1. The molecular weight excluding hydrogens is 405 g/mol. The van der Waals surface area contributed by atoms with Crippen molar-refractivity contribution in [2.24, 2.45) is 5.92 Å². The lowest BCUT2D eigenvalue weighted by Crippen LogP contribution is -2.44. The second kappa shape index (κ2) is 10.7. The second-order valence-electron chi connectivity index (χ2n) is 6.98. The maximum Gasteiger partial charge on any atom is 0.490 e. The van der Waals surface area contributed by atoms with Gasteiger partial charge in [0.1, 0.15) is 5.01 Å². The average Bonchev–Trinajstić information content (AvgIpc) is 3.15. The van der Waals surface area contributed by atoms with Crippen LogP contribution in [-0.2, 0) is 22.5 Å². The van der Waals surface area contributed by atoms with E-state index in [9.17, 15) is 13.2 Å². The third-order valence-corrected chi connectivity index (χ3v) is 5.48. The Morgan fingerprint density at radius 1 is 1.41 bits per heavy atom. The third kappa shape index (κ3) is 7.75. The number of hydrogen-bond donors (Lipinski definition) is 1. The summed E-state index contributed by atoms with van der Waals surface area (Å²) in [6.45, 7) is 5.32. The van der Waals surface area contributed by atoms with Gasteiger partial charge in [0.05, 0.1) is 12.6 Å². The first-order valence-electron chi connectivity index (χ1n) is 9.18. The van der Waals surface area contributed by atoms with Gasteiger partial charge in [-0.05, 0) is 25.3 Å². The Bertz CT molecular complexity index is 769. The van der Waals surface area contributed by atoms with E-state index in [2.05, 4.69) is 46.5 Å². The molecule has 0 radical (unpaired) electrons. The van der Waals surface area contributed by atoms with Gasteiger partial charge in [-0.3, -0.25) is 4.90 Å². The van der Waals surface area contributed by atoms with E-state index >= 15 is 0 Å². The number of aromatic nitrogens is 1. The summed E-state index contributed by atoms with van der Waals surface area (Å²) < 4.78 is 37.5. The molecule has 0 amide bonds. The molecule has 1 aromatic heterocycles. The minimum absolute atomic E-state index is 0.369. The number of carboxylic acid groups (broad SMARTS) is 1. The number of alkyl halides is 3. The zero-order chi connectivity index (χ0) is 21.4. The lowest BCUT2D eigenvalue weighted by atomic mass is 9.88. The maximum atomic E-state index is 10.6. The smallest absolute Gasteiger partial charge is 0.475 e. The monoisotopic (exact) mass is 430 g/mol. The quantitative estimate of drug-likeness (QED) is 0.772. The van der Waals surface area contributed by atoms with Gasteiger partial charge in [-0.2, -0.15) is 13.2 Å². The van der Waals surface area contributed by atoms with Gasteiger partial charge in [-0.15, -0.1) is 11.3 Å². The zero-order valence-electron chi connectivity index (χ0n) is 16.4. The van der Waals surface area contributed by atoms with E-state index < -0.39 is 12.1 Å². The summed E-state index contributed by atoms with van der Waals surface area (Å²) in [5.74, 6) is -2.20. The van der Waals surface area contributed by atoms with Crippen LogP contribution in [0.5, 0.6) is 0 Å². The molecule has 1 aliphatic heterocycles. The fourth-order valence-corrected chi connectivity index (χ4v) is 4.06. The van der Waals surface area contributed by atoms with Gasteiger partial charge in [-0.25, -0.2) is 9.78 Å². The molecule has 0 bridgehead atoms. The van der Waals surface area contributed by atoms with Crippen LogP contribution in [0.1, 0.15) is 22.6 Å². The summed E-state index contributed by atoms with van der Waals surface area (Å²) >= 11 is 1.75. The minimum atomic E-state index is -5.08. The lowest BCUT2D eigenvalue weighted by molar-refractivity contribution is -0.192. The predicted molar refractivity (Wildman–Crippen MR) is 105 cm³/mol. The molecule has 1 N–H and O–H groups in total. The summed E-state index contributed by atoms with van der Waals surface area (Å²) in [6.07, 6.45) is -0.618. The molecule has 0 aliphatic carbocycles. The van der Waals surface area contributed by atoms with Crippen molar-refractivity contribution in [2.75, 3.05) is 20.2 Å². The van der Waals surface area contributed by atoms with E-state index in [0.29, 0.717) is 12.0 Å². The normalized spacial score (nSPS) is 20.0. The molecule has 3 rings (SSSR count). The number of carbonyl (C=O) groups is 1. The van der Waals surface area contributed by atoms with Crippen molar-refractivity contribution in [2.45, 2.75) is 38.6 Å². The van der Waals surface area contributed by atoms with Crippen LogP contribution in [0.15, 0.2) is 35.8 Å². The highest BCUT2D eigenvalue weighted by Gasteiger charge is 2.38. The molecule has 2 heterocycles. The van der Waals surface area contributed by atoms with Crippen LogP contribution in [0.2, 0.25) is 0 Å². The highest BCUT2D eigenvalue weighted by molar-refractivity contribution is 7.09. The van der Waals surface area contributed by atoms with Gasteiger partial charge in [0.15, 0.2) is 0 Å². The first-order valence-corrected chi connectivity index (χ1v) is 10.1. The van der Waals surface area contributed by atoms with Crippen LogP contribution in [0.25, 0.3) is 0 Å². The molecular formula is C20H25F3N2O3S. The second-order valence-corrected chi connectivity index (χ2v) is 7.96. The molecule has 160 valence electrons. The molecule has 9 heteroatoms. The number of thiazole rings is 1. The first kappa shape index (κ1) is 23.3. The number of aryl methyl sites for hydroxylation is 1. The average molecular weight is 430 g/mol. The number of hydrogen-bond acceptors (Lipinski definition) is 5. The van der Waals surface area contributed by atoms with E-state index in [1.165, 1.54) is 16.1 Å².